The predicted molar refractivity (Wildman–Crippen MR) is 85.4 cm³/mol. The zero-order valence-corrected chi connectivity index (χ0v) is 12.9. The molecule has 7 heteroatoms. The molecule has 1 saturated heterocycles. The molecule has 1 aromatic carbocycles. The summed E-state index contributed by atoms with van der Waals surface area (Å²) in [5.41, 5.74) is 5.69. The molecule has 0 saturated carbocycles. The third kappa shape index (κ3) is 2.41. The molecule has 0 radical (unpaired) electrons. The van der Waals surface area contributed by atoms with Crippen molar-refractivity contribution in [3.63, 3.8) is 0 Å². The molecule has 0 spiro atoms. The number of nitrogens with two attached hydrogens (primary N) is 1. The second-order valence-electron chi connectivity index (χ2n) is 5.03. The molecular formula is C14H15N3O2S2. The molecule has 1 fully saturated rings. The van der Waals surface area contributed by atoms with Crippen LogP contribution in [-0.2, 0) is 10.0 Å². The normalized spacial score (nSPS) is 19.9. The lowest BCUT2D eigenvalue weighted by atomic mass is 10.2. The molecule has 2 N–H and O–H groups in total. The van der Waals surface area contributed by atoms with E-state index in [9.17, 15) is 8.42 Å². The van der Waals surface area contributed by atoms with Gasteiger partial charge < -0.3 is 5.73 Å². The summed E-state index contributed by atoms with van der Waals surface area (Å²) in [6.45, 7) is 0.450. The first kappa shape index (κ1) is 14.4. The summed E-state index contributed by atoms with van der Waals surface area (Å²) in [7, 11) is -3.62. The van der Waals surface area contributed by atoms with Crippen molar-refractivity contribution in [2.45, 2.75) is 23.8 Å². The first-order valence-corrected chi connectivity index (χ1v) is 8.50. The Morgan fingerprint density at radius 2 is 2.19 bits per heavy atom. The minimum absolute atomic E-state index is 0.234. The molecule has 1 aliphatic heterocycles. The van der Waals surface area contributed by atoms with Crippen LogP contribution < -0.4 is 5.73 Å². The van der Waals surface area contributed by atoms with Crippen molar-refractivity contribution >= 4 is 38.0 Å². The lowest BCUT2D eigenvalue weighted by Gasteiger charge is -2.23. The van der Waals surface area contributed by atoms with E-state index in [1.54, 1.807) is 30.6 Å². The second kappa shape index (κ2) is 5.32. The number of pyridine rings is 1. The number of sulfonamides is 1. The summed E-state index contributed by atoms with van der Waals surface area (Å²) >= 11 is 5.01. The molecule has 21 heavy (non-hydrogen) atoms. The van der Waals surface area contributed by atoms with E-state index in [1.165, 1.54) is 4.31 Å². The highest BCUT2D eigenvalue weighted by Gasteiger charge is 2.37. The number of thiocarbonyl (C=S) groups is 1. The monoisotopic (exact) mass is 321 g/mol. The Morgan fingerprint density at radius 1 is 1.38 bits per heavy atom. The van der Waals surface area contributed by atoms with E-state index in [1.807, 2.05) is 6.07 Å². The number of fused-ring (bicyclic) bond motifs is 1. The van der Waals surface area contributed by atoms with E-state index in [2.05, 4.69) is 4.98 Å². The summed E-state index contributed by atoms with van der Waals surface area (Å²) in [5.74, 6) is 0. The second-order valence-corrected chi connectivity index (χ2v) is 7.36. The van der Waals surface area contributed by atoms with Gasteiger partial charge in [-0.3, -0.25) is 4.98 Å². The zero-order chi connectivity index (χ0) is 15.0. The van der Waals surface area contributed by atoms with Crippen LogP contribution in [0.5, 0.6) is 0 Å². The molecular weight excluding hydrogens is 306 g/mol. The van der Waals surface area contributed by atoms with Crippen molar-refractivity contribution in [2.24, 2.45) is 5.73 Å². The molecule has 2 heterocycles. The summed E-state index contributed by atoms with van der Waals surface area (Å²) in [6.07, 6.45) is 4.70. The van der Waals surface area contributed by atoms with Crippen LogP contribution in [0, 0.1) is 0 Å². The minimum atomic E-state index is -3.62. The van der Waals surface area contributed by atoms with Crippen molar-refractivity contribution < 1.29 is 8.42 Å². The summed E-state index contributed by atoms with van der Waals surface area (Å²) in [4.78, 5) is 4.54. The molecule has 110 valence electrons. The molecule has 0 bridgehead atoms. The van der Waals surface area contributed by atoms with Crippen LogP contribution in [0.3, 0.4) is 0 Å². The van der Waals surface area contributed by atoms with Gasteiger partial charge in [0, 0.05) is 29.7 Å². The summed E-state index contributed by atoms with van der Waals surface area (Å²) in [6, 6.07) is 6.52. The first-order chi connectivity index (χ1) is 10.0. The maximum atomic E-state index is 13.0. The molecule has 0 aliphatic carbocycles. The van der Waals surface area contributed by atoms with Crippen LogP contribution in [-0.4, -0.2) is 35.3 Å². The van der Waals surface area contributed by atoms with Crippen LogP contribution in [0.1, 0.15) is 12.8 Å². The fraction of sp³-hybridized carbons (Fsp3) is 0.286. The zero-order valence-electron chi connectivity index (χ0n) is 11.3. The average molecular weight is 321 g/mol. The Balaban J connectivity index is 2.15. The van der Waals surface area contributed by atoms with Gasteiger partial charge in [-0.25, -0.2) is 8.42 Å². The Hall–Kier alpha value is -1.57. The number of hydrogen-bond donors (Lipinski definition) is 1. The highest BCUT2D eigenvalue weighted by molar-refractivity contribution is 7.89. The Kier molecular flexibility index (Phi) is 3.64. The van der Waals surface area contributed by atoms with Crippen molar-refractivity contribution in [3.8, 4) is 0 Å². The van der Waals surface area contributed by atoms with Crippen LogP contribution >= 0.6 is 12.2 Å². The van der Waals surface area contributed by atoms with Gasteiger partial charge in [0.05, 0.1) is 15.9 Å². The van der Waals surface area contributed by atoms with Gasteiger partial charge in [0.25, 0.3) is 0 Å². The largest absolute Gasteiger partial charge is 0.392 e. The molecule has 3 rings (SSSR count). The minimum Gasteiger partial charge on any atom is -0.392 e. The maximum absolute atomic E-state index is 13.0. The van der Waals surface area contributed by atoms with E-state index in [4.69, 9.17) is 18.0 Å². The third-order valence-corrected chi connectivity index (χ3v) is 6.00. The van der Waals surface area contributed by atoms with E-state index in [-0.39, 0.29) is 15.9 Å². The van der Waals surface area contributed by atoms with E-state index >= 15 is 0 Å². The highest BCUT2D eigenvalue weighted by Crippen LogP contribution is 2.30. The number of rotatable bonds is 3. The summed E-state index contributed by atoms with van der Waals surface area (Å²) in [5, 5.41) is 1.46. The quantitative estimate of drug-likeness (QED) is 0.870. The maximum Gasteiger partial charge on any atom is 0.244 e. The Labute approximate surface area is 128 Å². The highest BCUT2D eigenvalue weighted by atomic mass is 32.2. The van der Waals surface area contributed by atoms with Gasteiger partial charge in [-0.15, -0.1) is 0 Å². The van der Waals surface area contributed by atoms with Crippen molar-refractivity contribution in [2.75, 3.05) is 6.54 Å². The Bertz CT molecular complexity index is 799. The first-order valence-electron chi connectivity index (χ1n) is 6.66. The fourth-order valence-electron chi connectivity index (χ4n) is 2.76. The van der Waals surface area contributed by atoms with E-state index in [0.29, 0.717) is 18.4 Å². The van der Waals surface area contributed by atoms with Crippen LogP contribution in [0.15, 0.2) is 41.6 Å². The number of aromatic nitrogens is 1. The van der Waals surface area contributed by atoms with Gasteiger partial charge in [0.15, 0.2) is 0 Å². The van der Waals surface area contributed by atoms with Gasteiger partial charge in [0.1, 0.15) is 0 Å². The van der Waals surface area contributed by atoms with Gasteiger partial charge >= 0.3 is 0 Å². The average Bonchev–Trinajstić information content (AvgIpc) is 2.97. The lowest BCUT2D eigenvalue weighted by Crippen LogP contribution is -2.42. The molecule has 1 aromatic heterocycles. The predicted octanol–water partition coefficient (Wildman–Crippen LogP) is 1.67. The van der Waals surface area contributed by atoms with Gasteiger partial charge in [-0.05, 0) is 25.0 Å². The Morgan fingerprint density at radius 3 is 2.95 bits per heavy atom. The molecule has 0 amide bonds. The fourth-order valence-corrected chi connectivity index (χ4v) is 4.96. The lowest BCUT2D eigenvalue weighted by molar-refractivity contribution is 0.447. The standard InChI is InChI=1S/C14H15N3O2S2/c15-14(20)12-4-2-8-17(12)21(18,19)13-5-1-3-10-9-16-7-6-11(10)13/h1,3,5-7,9,12H,2,4,8H2,(H2,15,20). The SMILES string of the molecule is NC(=S)C1CCCN1S(=O)(=O)c1cccc2cnccc12. The summed E-state index contributed by atoms with van der Waals surface area (Å²) < 4.78 is 27.3. The molecule has 1 atom stereocenters. The number of benzene rings is 1. The molecule has 2 aromatic rings. The van der Waals surface area contributed by atoms with Crippen molar-refractivity contribution in [3.05, 3.63) is 36.7 Å². The molecule has 1 unspecified atom stereocenters. The van der Waals surface area contributed by atoms with E-state index in [0.717, 1.165) is 11.8 Å². The third-order valence-electron chi connectivity index (χ3n) is 3.76. The van der Waals surface area contributed by atoms with Crippen LogP contribution in [0.4, 0.5) is 0 Å². The van der Waals surface area contributed by atoms with Crippen molar-refractivity contribution in [1.82, 2.24) is 9.29 Å². The molecule has 1 aliphatic rings. The van der Waals surface area contributed by atoms with Crippen LogP contribution in [0.25, 0.3) is 10.8 Å². The van der Waals surface area contributed by atoms with Crippen LogP contribution in [0.2, 0.25) is 0 Å². The van der Waals surface area contributed by atoms with Gasteiger partial charge in [-0.1, -0.05) is 24.4 Å². The van der Waals surface area contributed by atoms with Gasteiger partial charge in [-0.2, -0.15) is 4.31 Å². The topological polar surface area (TPSA) is 76.3 Å². The smallest absolute Gasteiger partial charge is 0.244 e. The van der Waals surface area contributed by atoms with Gasteiger partial charge in [0.2, 0.25) is 10.0 Å². The number of nitrogens with zero attached hydrogens (tertiary/aromatic N) is 2. The number of hydrogen-bond acceptors (Lipinski definition) is 4. The van der Waals surface area contributed by atoms with Crippen molar-refractivity contribution in [1.29, 1.82) is 0 Å². The van der Waals surface area contributed by atoms with E-state index < -0.39 is 10.0 Å². The molecule has 5 nitrogen and oxygen atoms in total.